The summed E-state index contributed by atoms with van der Waals surface area (Å²) in [7, 11) is 0. The van der Waals surface area contributed by atoms with Crippen molar-refractivity contribution in [3.05, 3.63) is 277 Å². The van der Waals surface area contributed by atoms with Crippen LogP contribution in [-0.2, 0) is 16.2 Å². The lowest BCUT2D eigenvalue weighted by Crippen LogP contribution is -2.22. The number of anilines is 3. The van der Waals surface area contributed by atoms with Gasteiger partial charge in [-0.3, -0.25) is 0 Å². The van der Waals surface area contributed by atoms with Crippen molar-refractivity contribution in [1.29, 1.82) is 0 Å². The van der Waals surface area contributed by atoms with Crippen molar-refractivity contribution in [3.63, 3.8) is 0 Å². The largest absolute Gasteiger partial charge is 0.307 e. The van der Waals surface area contributed by atoms with E-state index in [1.807, 2.05) is 0 Å². The minimum Gasteiger partial charge on any atom is -0.307 e. The molecule has 1 unspecified atom stereocenters. The summed E-state index contributed by atoms with van der Waals surface area (Å²) in [5.74, 6) is 0. The number of rotatable bonds is 8. The van der Waals surface area contributed by atoms with Gasteiger partial charge in [0.2, 0.25) is 0 Å². The van der Waals surface area contributed by atoms with Crippen LogP contribution in [0.25, 0.3) is 82.8 Å². The number of hydrogen-bond acceptors (Lipinski definition) is 1. The van der Waals surface area contributed by atoms with E-state index in [0.717, 1.165) is 39.4 Å². The predicted octanol–water partition coefficient (Wildman–Crippen LogP) is 20.3. The average molecular weight is 979 g/mol. The second-order valence-corrected chi connectivity index (χ2v) is 23.0. The number of nitrogens with zero attached hydrogens (tertiary/aromatic N) is 2. The van der Waals surface area contributed by atoms with Gasteiger partial charge in [0.05, 0.1) is 28.1 Å². The highest BCUT2D eigenvalue weighted by Crippen LogP contribution is 2.55. The van der Waals surface area contributed by atoms with Gasteiger partial charge in [0.15, 0.2) is 0 Å². The Balaban J connectivity index is 1.11. The Kier molecular flexibility index (Phi) is 11.1. The highest BCUT2D eigenvalue weighted by Gasteiger charge is 2.41. The van der Waals surface area contributed by atoms with E-state index >= 15 is 0 Å². The van der Waals surface area contributed by atoms with Gasteiger partial charge < -0.3 is 9.47 Å². The highest BCUT2D eigenvalue weighted by molar-refractivity contribution is 6.16. The standard InChI is InChI=1S/C74H62N2/c1-72(2,3)53-45-51(46-54(48-53)73(4,5)6)57-35-22-25-49-26-23-36-62(70(49)57)60-33-16-21-41-68(60)76(69-42-24-37-63-61-34-17-20-40-67(61)75(71(63)69)55-29-12-9-13-30-55)66-39-19-15-31-56(66)50-43-44-59-58-32-14-18-38-64(58)74(7,65(59)47-50)52-27-10-8-11-28-52/h8-48H,1-7H3. The molecule has 1 heterocycles. The Morgan fingerprint density at radius 2 is 0.895 bits per heavy atom. The molecule has 0 amide bonds. The second kappa shape index (κ2) is 18.0. The molecule has 1 aliphatic carbocycles. The fourth-order valence-corrected chi connectivity index (χ4v) is 12.4. The first-order valence-corrected chi connectivity index (χ1v) is 26.9. The molecule has 0 saturated carbocycles. The molecule has 1 aromatic heterocycles. The topological polar surface area (TPSA) is 8.17 Å². The molecular weight excluding hydrogens is 917 g/mol. The maximum Gasteiger partial charge on any atom is 0.0782 e. The van der Waals surface area contributed by atoms with E-state index in [2.05, 4.69) is 307 Å². The van der Waals surface area contributed by atoms with Crippen LogP contribution in [-0.4, -0.2) is 4.57 Å². The van der Waals surface area contributed by atoms with E-state index < -0.39 is 0 Å². The first-order valence-electron chi connectivity index (χ1n) is 26.9. The van der Waals surface area contributed by atoms with Gasteiger partial charge in [-0.05, 0) is 132 Å². The molecule has 0 radical (unpaired) electrons. The molecule has 12 aromatic rings. The quantitative estimate of drug-likeness (QED) is 0.147. The van der Waals surface area contributed by atoms with Crippen molar-refractivity contribution in [1.82, 2.24) is 4.57 Å². The Bertz CT molecular complexity index is 4160. The number of hydrogen-bond donors (Lipinski definition) is 0. The minimum atomic E-state index is -0.348. The van der Waals surface area contributed by atoms with Crippen molar-refractivity contribution in [2.24, 2.45) is 0 Å². The molecule has 0 aliphatic heterocycles. The SMILES string of the molecule is CC(C)(C)c1cc(-c2cccc3cccc(-c4ccccc4N(c4ccccc4-c4ccc5c(c4)C(C)(c4ccccc4)c4ccccc4-5)c4cccc5c6ccccc6n(-c6ccccc6)c45)c23)cc(C(C)(C)C)c1. The molecular formula is C74H62N2. The van der Waals surface area contributed by atoms with E-state index in [1.165, 1.54) is 88.3 Å². The van der Waals surface area contributed by atoms with Crippen LogP contribution in [0, 0.1) is 0 Å². The minimum absolute atomic E-state index is 0.0316. The van der Waals surface area contributed by atoms with Crippen LogP contribution >= 0.6 is 0 Å². The third kappa shape index (κ3) is 7.61. The van der Waals surface area contributed by atoms with Crippen molar-refractivity contribution < 1.29 is 0 Å². The molecule has 0 fully saturated rings. The number of aromatic nitrogens is 1. The van der Waals surface area contributed by atoms with Crippen LogP contribution in [0.4, 0.5) is 17.1 Å². The van der Waals surface area contributed by atoms with E-state index in [9.17, 15) is 0 Å². The van der Waals surface area contributed by atoms with Gasteiger partial charge in [-0.25, -0.2) is 0 Å². The second-order valence-electron chi connectivity index (χ2n) is 23.0. The summed E-state index contributed by atoms with van der Waals surface area (Å²) < 4.78 is 2.47. The lowest BCUT2D eigenvalue weighted by molar-refractivity contribution is 0.569. The third-order valence-electron chi connectivity index (χ3n) is 16.4. The fourth-order valence-electron chi connectivity index (χ4n) is 12.4. The molecule has 2 nitrogen and oxygen atoms in total. The van der Waals surface area contributed by atoms with Crippen LogP contribution in [0.2, 0.25) is 0 Å². The lowest BCUT2D eigenvalue weighted by atomic mass is 9.74. The predicted molar refractivity (Wildman–Crippen MR) is 324 cm³/mol. The Morgan fingerprint density at radius 1 is 0.368 bits per heavy atom. The summed E-state index contributed by atoms with van der Waals surface area (Å²) in [6, 6.07) is 93.1. The van der Waals surface area contributed by atoms with Gasteiger partial charge in [-0.15, -0.1) is 0 Å². The molecule has 1 aliphatic rings. The number of benzene rings is 11. The van der Waals surface area contributed by atoms with E-state index in [-0.39, 0.29) is 16.2 Å². The molecule has 13 rings (SSSR count). The van der Waals surface area contributed by atoms with Gasteiger partial charge in [-0.1, -0.05) is 248 Å². The molecule has 0 spiro atoms. The van der Waals surface area contributed by atoms with Gasteiger partial charge in [0.1, 0.15) is 0 Å². The Morgan fingerprint density at radius 3 is 1.61 bits per heavy atom. The summed E-state index contributed by atoms with van der Waals surface area (Å²) in [5.41, 5.74) is 22.7. The van der Waals surface area contributed by atoms with E-state index in [1.54, 1.807) is 0 Å². The summed E-state index contributed by atoms with van der Waals surface area (Å²) in [4.78, 5) is 2.57. The molecule has 11 aromatic carbocycles. The monoisotopic (exact) mass is 978 g/mol. The molecule has 0 saturated heterocycles. The molecule has 368 valence electrons. The maximum atomic E-state index is 2.57. The summed E-state index contributed by atoms with van der Waals surface area (Å²) in [6.45, 7) is 16.4. The Labute approximate surface area is 448 Å². The van der Waals surface area contributed by atoms with Gasteiger partial charge >= 0.3 is 0 Å². The lowest BCUT2D eigenvalue weighted by Gasteiger charge is -2.32. The summed E-state index contributed by atoms with van der Waals surface area (Å²) in [5, 5.41) is 4.87. The van der Waals surface area contributed by atoms with Crippen molar-refractivity contribution in [2.45, 2.75) is 64.7 Å². The zero-order valence-electron chi connectivity index (χ0n) is 44.6. The van der Waals surface area contributed by atoms with Crippen molar-refractivity contribution >= 4 is 49.6 Å². The molecule has 76 heavy (non-hydrogen) atoms. The maximum absolute atomic E-state index is 2.57. The Hall–Kier alpha value is -8.72. The van der Waals surface area contributed by atoms with Crippen molar-refractivity contribution in [3.8, 4) is 50.2 Å². The zero-order chi connectivity index (χ0) is 51.9. The van der Waals surface area contributed by atoms with Crippen LogP contribution in [0.3, 0.4) is 0 Å². The van der Waals surface area contributed by atoms with E-state index in [4.69, 9.17) is 0 Å². The summed E-state index contributed by atoms with van der Waals surface area (Å²) >= 11 is 0. The van der Waals surface area contributed by atoms with Crippen molar-refractivity contribution in [2.75, 3.05) is 4.90 Å². The van der Waals surface area contributed by atoms with E-state index in [0.29, 0.717) is 0 Å². The molecule has 0 N–H and O–H groups in total. The normalized spacial score (nSPS) is 14.3. The zero-order valence-corrected chi connectivity index (χ0v) is 44.6. The first-order chi connectivity index (χ1) is 36.9. The van der Waals surface area contributed by atoms with Gasteiger partial charge in [0, 0.05) is 33.0 Å². The molecule has 0 bridgehead atoms. The first kappa shape index (κ1) is 47.0. The molecule has 1 atom stereocenters. The van der Waals surface area contributed by atoms with Gasteiger partial charge in [-0.2, -0.15) is 0 Å². The third-order valence-corrected chi connectivity index (χ3v) is 16.4. The van der Waals surface area contributed by atoms with Crippen LogP contribution < -0.4 is 4.90 Å². The smallest absolute Gasteiger partial charge is 0.0782 e. The summed E-state index contributed by atoms with van der Waals surface area (Å²) in [6.07, 6.45) is 0. The van der Waals surface area contributed by atoms with Crippen LogP contribution in [0.15, 0.2) is 249 Å². The van der Waals surface area contributed by atoms with Crippen LogP contribution in [0.5, 0.6) is 0 Å². The highest BCUT2D eigenvalue weighted by atomic mass is 15.2. The molecule has 2 heteroatoms. The van der Waals surface area contributed by atoms with Gasteiger partial charge in [0.25, 0.3) is 0 Å². The number of fused-ring (bicyclic) bond motifs is 7. The number of para-hydroxylation sites is 5. The van der Waals surface area contributed by atoms with Crippen LogP contribution in [0.1, 0.15) is 76.3 Å². The fraction of sp³-hybridized carbons (Fsp3) is 0.135. The average Bonchev–Trinajstić information content (AvgIpc) is 3.94.